The number of amides is 2. The highest BCUT2D eigenvalue weighted by atomic mass is 32.1. The molecule has 0 saturated carbocycles. The number of piperidine rings is 1. The molecule has 136 valence electrons. The Morgan fingerprint density at radius 1 is 1.15 bits per heavy atom. The van der Waals surface area contributed by atoms with Crippen LogP contribution in [0.2, 0.25) is 0 Å². The Morgan fingerprint density at radius 3 is 2.62 bits per heavy atom. The molecule has 5 nitrogen and oxygen atoms in total. The maximum atomic E-state index is 12.6. The topological polar surface area (TPSA) is 53.5 Å². The van der Waals surface area contributed by atoms with E-state index in [0.29, 0.717) is 18.8 Å². The molecule has 0 N–H and O–H groups in total. The molecule has 3 heterocycles. The van der Waals surface area contributed by atoms with Gasteiger partial charge in [0, 0.05) is 31.4 Å². The number of carbonyl (C=O) groups excluding carboxylic acids is 2. The van der Waals surface area contributed by atoms with Crippen LogP contribution in [0.1, 0.15) is 42.9 Å². The third-order valence-corrected chi connectivity index (χ3v) is 6.21. The number of thiazole rings is 1. The summed E-state index contributed by atoms with van der Waals surface area (Å²) < 4.78 is 0. The first-order valence-electron chi connectivity index (χ1n) is 9.28. The molecular formula is C20H23N3O2S. The Kier molecular flexibility index (Phi) is 5.02. The quantitative estimate of drug-likeness (QED) is 0.831. The van der Waals surface area contributed by atoms with E-state index in [1.807, 2.05) is 16.3 Å². The molecule has 0 unspecified atom stereocenters. The molecule has 2 amide bonds. The fourth-order valence-electron chi connectivity index (χ4n) is 3.81. The summed E-state index contributed by atoms with van der Waals surface area (Å²) in [6, 6.07) is 10.6. The fraction of sp³-hybridized carbons (Fsp3) is 0.450. The van der Waals surface area contributed by atoms with Gasteiger partial charge in [0.25, 0.3) is 0 Å². The Hall–Kier alpha value is -2.21. The fourth-order valence-corrected chi connectivity index (χ4v) is 4.67. The van der Waals surface area contributed by atoms with E-state index in [-0.39, 0.29) is 11.8 Å². The average molecular weight is 369 g/mol. The average Bonchev–Trinajstić information content (AvgIpc) is 3.31. The van der Waals surface area contributed by atoms with Crippen molar-refractivity contribution >= 4 is 28.3 Å². The molecule has 0 aliphatic carbocycles. The van der Waals surface area contributed by atoms with Crippen molar-refractivity contribution in [3.05, 3.63) is 47.0 Å². The van der Waals surface area contributed by atoms with Crippen molar-refractivity contribution in [2.24, 2.45) is 0 Å². The zero-order valence-electron chi connectivity index (χ0n) is 14.8. The molecule has 0 bridgehead atoms. The van der Waals surface area contributed by atoms with E-state index in [2.05, 4.69) is 29.2 Å². The van der Waals surface area contributed by atoms with Crippen molar-refractivity contribution in [1.29, 1.82) is 0 Å². The number of likely N-dealkylation sites (tertiary alicyclic amines) is 1. The molecule has 2 aliphatic heterocycles. The molecule has 2 fully saturated rings. The molecule has 0 radical (unpaired) electrons. The minimum atomic E-state index is 0.139. The lowest BCUT2D eigenvalue weighted by atomic mass is 9.89. The van der Waals surface area contributed by atoms with Gasteiger partial charge in [-0.3, -0.25) is 14.5 Å². The first-order chi connectivity index (χ1) is 12.7. The molecule has 0 atom stereocenters. The Morgan fingerprint density at radius 2 is 1.92 bits per heavy atom. The van der Waals surface area contributed by atoms with Crippen LogP contribution in [0.4, 0.5) is 5.13 Å². The summed E-state index contributed by atoms with van der Waals surface area (Å²) in [5.74, 6) is 0.827. The third kappa shape index (κ3) is 3.65. The van der Waals surface area contributed by atoms with Gasteiger partial charge in [-0.1, -0.05) is 30.3 Å². The number of anilines is 1. The Bertz CT molecular complexity index is 781. The molecule has 6 heteroatoms. The molecule has 26 heavy (non-hydrogen) atoms. The second-order valence-electron chi connectivity index (χ2n) is 7.01. The summed E-state index contributed by atoms with van der Waals surface area (Å²) in [6.07, 6.45) is 3.85. The van der Waals surface area contributed by atoms with Crippen LogP contribution >= 0.6 is 11.3 Å². The normalized spacial score (nSPS) is 18.5. The largest absolute Gasteiger partial charge is 0.342 e. The summed E-state index contributed by atoms with van der Waals surface area (Å²) in [5, 5.41) is 2.65. The van der Waals surface area contributed by atoms with Gasteiger partial charge in [-0.25, -0.2) is 4.98 Å². The summed E-state index contributed by atoms with van der Waals surface area (Å²) in [4.78, 5) is 32.6. The lowest BCUT2D eigenvalue weighted by Crippen LogP contribution is -2.38. The second-order valence-corrected chi connectivity index (χ2v) is 7.85. The molecule has 0 spiro atoms. The van der Waals surface area contributed by atoms with E-state index in [0.717, 1.165) is 49.7 Å². The minimum absolute atomic E-state index is 0.139. The number of hydrogen-bond donors (Lipinski definition) is 0. The molecule has 2 aliphatic rings. The lowest BCUT2D eigenvalue weighted by Gasteiger charge is -2.32. The lowest BCUT2D eigenvalue weighted by molar-refractivity contribution is -0.131. The van der Waals surface area contributed by atoms with Crippen molar-refractivity contribution in [2.75, 3.05) is 24.5 Å². The van der Waals surface area contributed by atoms with Crippen LogP contribution in [0, 0.1) is 0 Å². The SMILES string of the molecule is O=C(Cc1csc(N2CCCC2=O)n1)N1CCC(c2ccccc2)CC1. The van der Waals surface area contributed by atoms with Crippen molar-refractivity contribution in [3.63, 3.8) is 0 Å². The monoisotopic (exact) mass is 369 g/mol. The number of nitrogens with zero attached hydrogens (tertiary/aromatic N) is 3. The summed E-state index contributed by atoms with van der Waals surface area (Å²) in [7, 11) is 0. The van der Waals surface area contributed by atoms with Crippen molar-refractivity contribution in [1.82, 2.24) is 9.88 Å². The Labute approximate surface area is 157 Å². The van der Waals surface area contributed by atoms with Crippen LogP contribution < -0.4 is 4.90 Å². The van der Waals surface area contributed by atoms with Gasteiger partial charge in [-0.15, -0.1) is 11.3 Å². The number of hydrogen-bond acceptors (Lipinski definition) is 4. The highest BCUT2D eigenvalue weighted by molar-refractivity contribution is 7.14. The third-order valence-electron chi connectivity index (χ3n) is 5.29. The summed E-state index contributed by atoms with van der Waals surface area (Å²) >= 11 is 1.46. The van der Waals surface area contributed by atoms with E-state index in [1.54, 1.807) is 4.90 Å². The zero-order chi connectivity index (χ0) is 17.9. The van der Waals surface area contributed by atoms with E-state index >= 15 is 0 Å². The highest BCUT2D eigenvalue weighted by Crippen LogP contribution is 2.29. The van der Waals surface area contributed by atoms with E-state index in [4.69, 9.17) is 0 Å². The van der Waals surface area contributed by atoms with Gasteiger partial charge in [-0.05, 0) is 30.7 Å². The molecule has 4 rings (SSSR count). The first kappa shape index (κ1) is 17.2. The van der Waals surface area contributed by atoms with Crippen LogP contribution in [-0.4, -0.2) is 41.3 Å². The minimum Gasteiger partial charge on any atom is -0.342 e. The maximum absolute atomic E-state index is 12.6. The standard InChI is InChI=1S/C20H23N3O2S/c24-18-7-4-10-23(18)20-21-17(14-26-20)13-19(25)22-11-8-16(9-12-22)15-5-2-1-3-6-15/h1-3,5-6,14,16H,4,7-13H2. The first-order valence-corrected chi connectivity index (χ1v) is 10.2. The van der Waals surface area contributed by atoms with Crippen LogP contribution in [-0.2, 0) is 16.0 Å². The number of aromatic nitrogens is 1. The van der Waals surface area contributed by atoms with E-state index in [9.17, 15) is 9.59 Å². The molecule has 1 aromatic carbocycles. The molecular weight excluding hydrogens is 346 g/mol. The highest BCUT2D eigenvalue weighted by Gasteiger charge is 2.26. The van der Waals surface area contributed by atoms with Gasteiger partial charge in [-0.2, -0.15) is 0 Å². The van der Waals surface area contributed by atoms with Crippen LogP contribution in [0.5, 0.6) is 0 Å². The molecule has 2 aromatic rings. The predicted molar refractivity (Wildman–Crippen MR) is 102 cm³/mol. The summed E-state index contributed by atoms with van der Waals surface area (Å²) in [5.41, 5.74) is 2.15. The van der Waals surface area contributed by atoms with Gasteiger partial charge >= 0.3 is 0 Å². The number of rotatable bonds is 4. The van der Waals surface area contributed by atoms with Gasteiger partial charge in [0.2, 0.25) is 11.8 Å². The van der Waals surface area contributed by atoms with Gasteiger partial charge in [0.15, 0.2) is 5.13 Å². The van der Waals surface area contributed by atoms with Crippen molar-refractivity contribution < 1.29 is 9.59 Å². The smallest absolute Gasteiger partial charge is 0.228 e. The Balaban J connectivity index is 1.32. The summed E-state index contributed by atoms with van der Waals surface area (Å²) in [6.45, 7) is 2.35. The maximum Gasteiger partial charge on any atom is 0.228 e. The zero-order valence-corrected chi connectivity index (χ0v) is 15.6. The van der Waals surface area contributed by atoms with Gasteiger partial charge in [0.1, 0.15) is 0 Å². The van der Waals surface area contributed by atoms with Gasteiger partial charge in [0.05, 0.1) is 12.1 Å². The second kappa shape index (κ2) is 7.58. The molecule has 1 aromatic heterocycles. The predicted octanol–water partition coefficient (Wildman–Crippen LogP) is 3.22. The van der Waals surface area contributed by atoms with Crippen LogP contribution in [0.3, 0.4) is 0 Å². The van der Waals surface area contributed by atoms with Crippen LogP contribution in [0.15, 0.2) is 35.7 Å². The van der Waals surface area contributed by atoms with E-state index in [1.165, 1.54) is 16.9 Å². The van der Waals surface area contributed by atoms with Crippen molar-refractivity contribution in [3.8, 4) is 0 Å². The number of carbonyl (C=O) groups is 2. The van der Waals surface area contributed by atoms with Gasteiger partial charge < -0.3 is 4.90 Å². The van der Waals surface area contributed by atoms with Crippen LogP contribution in [0.25, 0.3) is 0 Å². The molecule has 2 saturated heterocycles. The number of benzene rings is 1. The van der Waals surface area contributed by atoms with E-state index < -0.39 is 0 Å². The van der Waals surface area contributed by atoms with Crippen molar-refractivity contribution in [2.45, 2.75) is 38.0 Å².